The molecule has 0 radical (unpaired) electrons. The fourth-order valence-electron chi connectivity index (χ4n) is 5.53. The summed E-state index contributed by atoms with van der Waals surface area (Å²) in [5, 5.41) is 0.954. The van der Waals surface area contributed by atoms with Gasteiger partial charge in [-0.25, -0.2) is 0 Å². The van der Waals surface area contributed by atoms with E-state index in [2.05, 4.69) is 35.3 Å². The molecule has 4 aliphatic rings. The van der Waals surface area contributed by atoms with Crippen LogP contribution in [0.3, 0.4) is 0 Å². The van der Waals surface area contributed by atoms with Gasteiger partial charge in [0.1, 0.15) is 11.4 Å². The first kappa shape index (κ1) is 20.6. The Kier molecular flexibility index (Phi) is 5.96. The minimum Gasteiger partial charge on any atom is -0.487 e. The van der Waals surface area contributed by atoms with Gasteiger partial charge < -0.3 is 14.4 Å². The summed E-state index contributed by atoms with van der Waals surface area (Å²) in [6.45, 7) is 3.17. The first-order chi connectivity index (χ1) is 14.7. The van der Waals surface area contributed by atoms with Crippen molar-refractivity contribution in [3.63, 3.8) is 0 Å². The summed E-state index contributed by atoms with van der Waals surface area (Å²) in [5.74, 6) is 1.49. The number of fused-ring (bicyclic) bond motifs is 1. The van der Waals surface area contributed by atoms with Gasteiger partial charge in [0.2, 0.25) is 0 Å². The number of allylic oxidation sites excluding steroid dienone is 4. The summed E-state index contributed by atoms with van der Waals surface area (Å²) in [5.41, 5.74) is 3.92. The van der Waals surface area contributed by atoms with Crippen LogP contribution in [0.4, 0.5) is 0 Å². The van der Waals surface area contributed by atoms with Gasteiger partial charge in [-0.1, -0.05) is 30.2 Å². The van der Waals surface area contributed by atoms with Crippen LogP contribution < -0.4 is 4.74 Å². The molecule has 1 aromatic rings. The molecule has 1 unspecified atom stereocenters. The van der Waals surface area contributed by atoms with E-state index in [0.717, 1.165) is 49.1 Å². The Morgan fingerprint density at radius 1 is 1.20 bits per heavy atom. The van der Waals surface area contributed by atoms with Crippen molar-refractivity contribution in [1.82, 2.24) is 4.90 Å². The molecule has 162 valence electrons. The molecule has 4 heteroatoms. The van der Waals surface area contributed by atoms with Crippen molar-refractivity contribution in [2.45, 2.75) is 69.4 Å². The molecule has 1 saturated heterocycles. The lowest BCUT2D eigenvalue weighted by atomic mass is 9.80. The van der Waals surface area contributed by atoms with Crippen LogP contribution in [0, 0.1) is 5.92 Å². The number of rotatable bonds is 5. The molecule has 0 bridgehead atoms. The predicted molar refractivity (Wildman–Crippen MR) is 123 cm³/mol. The molecule has 1 saturated carbocycles. The van der Waals surface area contributed by atoms with E-state index in [1.165, 1.54) is 61.9 Å². The SMILES string of the molecule is COCCC1CC=C(c2ccc3c(c2)CCC2(CCN(C4CCC4)CC2)O3)C=C1Cl. The Balaban J connectivity index is 1.25. The highest BCUT2D eigenvalue weighted by molar-refractivity contribution is 6.30. The lowest BCUT2D eigenvalue weighted by molar-refractivity contribution is -0.0337. The van der Waals surface area contributed by atoms with Crippen molar-refractivity contribution in [3.05, 3.63) is 46.5 Å². The number of hydrogen-bond donors (Lipinski definition) is 0. The second-order valence-corrected chi connectivity index (χ2v) is 10.1. The van der Waals surface area contributed by atoms with Crippen LogP contribution in [0.5, 0.6) is 5.75 Å². The number of aryl methyl sites for hydroxylation is 1. The van der Waals surface area contributed by atoms with Gasteiger partial charge in [0.25, 0.3) is 0 Å². The first-order valence-electron chi connectivity index (χ1n) is 11.8. The molecule has 30 heavy (non-hydrogen) atoms. The number of likely N-dealkylation sites (tertiary alicyclic amines) is 1. The van der Waals surface area contributed by atoms with E-state index in [4.69, 9.17) is 21.1 Å². The van der Waals surface area contributed by atoms with Gasteiger partial charge in [-0.05, 0) is 86.3 Å². The van der Waals surface area contributed by atoms with E-state index < -0.39 is 0 Å². The molecule has 1 aromatic carbocycles. The maximum Gasteiger partial charge on any atom is 0.123 e. The largest absolute Gasteiger partial charge is 0.487 e. The summed E-state index contributed by atoms with van der Waals surface area (Å²) >= 11 is 6.59. The molecule has 0 aromatic heterocycles. The third-order valence-electron chi connectivity index (χ3n) is 7.85. The van der Waals surface area contributed by atoms with Crippen LogP contribution in [0.25, 0.3) is 5.57 Å². The van der Waals surface area contributed by atoms with Crippen molar-refractivity contribution >= 4 is 17.2 Å². The molecular weight excluding hydrogens is 394 g/mol. The lowest BCUT2D eigenvalue weighted by Crippen LogP contribution is -2.53. The zero-order chi connectivity index (χ0) is 20.6. The average molecular weight is 428 g/mol. The molecule has 0 N–H and O–H groups in total. The number of hydrogen-bond acceptors (Lipinski definition) is 3. The van der Waals surface area contributed by atoms with Crippen LogP contribution in [-0.4, -0.2) is 43.3 Å². The number of piperidine rings is 1. The summed E-state index contributed by atoms with van der Waals surface area (Å²) in [4.78, 5) is 2.71. The second kappa shape index (κ2) is 8.68. The minimum atomic E-state index is 0.0661. The Bertz CT molecular complexity index is 833. The molecule has 1 atom stereocenters. The summed E-state index contributed by atoms with van der Waals surface area (Å²) in [6.07, 6.45) is 15.3. The third kappa shape index (κ3) is 4.09. The van der Waals surface area contributed by atoms with Crippen LogP contribution in [0.2, 0.25) is 0 Å². The second-order valence-electron chi connectivity index (χ2n) is 9.63. The van der Waals surface area contributed by atoms with Gasteiger partial charge in [-0.15, -0.1) is 0 Å². The maximum atomic E-state index is 6.66. The Morgan fingerprint density at radius 3 is 2.73 bits per heavy atom. The van der Waals surface area contributed by atoms with Gasteiger partial charge in [0.05, 0.1) is 0 Å². The lowest BCUT2D eigenvalue weighted by Gasteiger charge is -2.48. The molecule has 1 spiro atoms. The zero-order valence-corrected chi connectivity index (χ0v) is 18.9. The molecule has 0 amide bonds. The van der Waals surface area contributed by atoms with Crippen LogP contribution in [-0.2, 0) is 11.2 Å². The number of benzene rings is 1. The highest BCUT2D eigenvalue weighted by atomic mass is 35.5. The van der Waals surface area contributed by atoms with Crippen molar-refractivity contribution < 1.29 is 9.47 Å². The monoisotopic (exact) mass is 427 g/mol. The van der Waals surface area contributed by atoms with Crippen molar-refractivity contribution in [3.8, 4) is 5.75 Å². The fraction of sp³-hybridized carbons (Fsp3) is 0.615. The summed E-state index contributed by atoms with van der Waals surface area (Å²) in [7, 11) is 1.75. The highest BCUT2D eigenvalue weighted by Gasteiger charge is 2.41. The number of ether oxygens (including phenoxy) is 2. The molecule has 2 aliphatic heterocycles. The molecule has 3 nitrogen and oxygen atoms in total. The zero-order valence-electron chi connectivity index (χ0n) is 18.2. The van der Waals surface area contributed by atoms with E-state index in [1.54, 1.807) is 7.11 Å². The van der Waals surface area contributed by atoms with Crippen LogP contribution in [0.15, 0.2) is 35.4 Å². The summed E-state index contributed by atoms with van der Waals surface area (Å²) in [6, 6.07) is 7.60. The van der Waals surface area contributed by atoms with Gasteiger partial charge in [-0.3, -0.25) is 0 Å². The van der Waals surface area contributed by atoms with Crippen LogP contribution in [0.1, 0.15) is 62.5 Å². The Morgan fingerprint density at radius 2 is 2.03 bits per heavy atom. The van der Waals surface area contributed by atoms with Gasteiger partial charge in [0, 0.05) is 43.8 Å². The minimum absolute atomic E-state index is 0.0661. The molecular formula is C26H34ClNO2. The standard InChI is InChI=1S/C26H34ClNO2/c1-29-16-10-19-5-6-21(18-24(19)27)20-7-8-25-22(17-20)9-11-26(30-25)12-14-28(15-13-26)23-3-2-4-23/h6-8,17-19,23H,2-5,9-16H2,1H3. The molecule has 2 fully saturated rings. The molecule has 5 rings (SSSR count). The van der Waals surface area contributed by atoms with Gasteiger partial charge in [0.15, 0.2) is 0 Å². The number of methoxy groups -OCH3 is 1. The van der Waals surface area contributed by atoms with Crippen LogP contribution >= 0.6 is 11.6 Å². The fourth-order valence-corrected chi connectivity index (χ4v) is 5.84. The first-order valence-corrected chi connectivity index (χ1v) is 12.2. The van der Waals surface area contributed by atoms with Crippen molar-refractivity contribution in [2.75, 3.05) is 26.8 Å². The van der Waals surface area contributed by atoms with E-state index >= 15 is 0 Å². The van der Waals surface area contributed by atoms with E-state index in [0.29, 0.717) is 5.92 Å². The number of nitrogens with zero attached hydrogens (tertiary/aromatic N) is 1. The number of halogens is 1. The van der Waals surface area contributed by atoms with Gasteiger partial charge in [-0.2, -0.15) is 0 Å². The topological polar surface area (TPSA) is 21.7 Å². The quantitative estimate of drug-likeness (QED) is 0.578. The van der Waals surface area contributed by atoms with Crippen molar-refractivity contribution in [2.24, 2.45) is 5.92 Å². The van der Waals surface area contributed by atoms with E-state index in [9.17, 15) is 0 Å². The van der Waals surface area contributed by atoms with Gasteiger partial charge >= 0.3 is 0 Å². The highest BCUT2D eigenvalue weighted by Crippen LogP contribution is 2.42. The van der Waals surface area contributed by atoms with E-state index in [1.807, 2.05) is 0 Å². The smallest absolute Gasteiger partial charge is 0.123 e. The average Bonchev–Trinajstić information content (AvgIpc) is 2.73. The Labute approximate surface area is 186 Å². The maximum absolute atomic E-state index is 6.66. The normalized spacial score (nSPS) is 26.4. The summed E-state index contributed by atoms with van der Waals surface area (Å²) < 4.78 is 11.9. The molecule has 2 aliphatic carbocycles. The Hall–Kier alpha value is -1.29. The van der Waals surface area contributed by atoms with Crippen molar-refractivity contribution in [1.29, 1.82) is 0 Å². The third-order valence-corrected chi connectivity index (χ3v) is 8.26. The predicted octanol–water partition coefficient (Wildman–Crippen LogP) is 5.96. The molecule has 2 heterocycles. The van der Waals surface area contributed by atoms with E-state index in [-0.39, 0.29) is 5.60 Å².